The summed E-state index contributed by atoms with van der Waals surface area (Å²) in [5.41, 5.74) is 0. The largest absolute Gasteiger partial charge is 0.429 e. The molecule has 1 atom stereocenters. The third kappa shape index (κ3) is 2.76. The maximum absolute atomic E-state index is 12.7. The maximum atomic E-state index is 12.7. The van der Waals surface area contributed by atoms with Gasteiger partial charge in [-0.2, -0.15) is 18.3 Å². The first kappa shape index (κ1) is 12.1. The average Bonchev–Trinajstić information content (AvgIpc) is 2.48. The number of rotatable bonds is 4. The molecule has 0 aromatic heterocycles. The van der Waals surface area contributed by atoms with Crippen LogP contribution in [0.1, 0.15) is 26.7 Å². The van der Waals surface area contributed by atoms with Crippen LogP contribution in [0, 0.1) is 0 Å². The molecule has 3 nitrogen and oxygen atoms in total. The van der Waals surface area contributed by atoms with Crippen molar-refractivity contribution in [1.29, 1.82) is 0 Å². The molecule has 0 radical (unpaired) electrons. The highest BCUT2D eigenvalue weighted by atomic mass is 19.4. The molecule has 0 spiro atoms. The van der Waals surface area contributed by atoms with Crippen LogP contribution in [0.25, 0.3) is 0 Å². The van der Waals surface area contributed by atoms with E-state index < -0.39 is 12.3 Å². The molecule has 0 amide bonds. The highest BCUT2D eigenvalue weighted by Gasteiger charge is 2.48. The molecule has 1 heterocycles. The topological polar surface area (TPSA) is 18.8 Å². The molecule has 6 heteroatoms. The number of halogens is 3. The number of nitrogens with zero attached hydrogens (tertiary/aromatic N) is 3. The Bertz CT molecular complexity index is 211. The van der Waals surface area contributed by atoms with Gasteiger partial charge in [0.2, 0.25) is 6.17 Å². The number of alkyl halides is 3. The number of hydrogen-bond acceptors (Lipinski definition) is 3. The van der Waals surface area contributed by atoms with Crippen LogP contribution >= 0.6 is 0 Å². The normalized spacial score (nSPS) is 21.5. The Balaban J connectivity index is 2.73. The zero-order valence-corrected chi connectivity index (χ0v) is 8.96. The standard InChI is InChI=1S/C9H16F3N3/c1-3-5-14-7-13-15(6-4-2)8(14)9(10,11)12/h7-8H,3-6H2,1-2H3. The van der Waals surface area contributed by atoms with Crippen molar-refractivity contribution in [2.75, 3.05) is 13.1 Å². The molecule has 1 aliphatic heterocycles. The first-order valence-corrected chi connectivity index (χ1v) is 5.14. The van der Waals surface area contributed by atoms with Crippen LogP contribution in [-0.2, 0) is 0 Å². The van der Waals surface area contributed by atoms with Gasteiger partial charge >= 0.3 is 6.18 Å². The van der Waals surface area contributed by atoms with E-state index in [9.17, 15) is 13.2 Å². The van der Waals surface area contributed by atoms with E-state index in [0.717, 1.165) is 5.01 Å². The molecular formula is C9H16F3N3. The number of hydrogen-bond donors (Lipinski definition) is 0. The van der Waals surface area contributed by atoms with Gasteiger partial charge in [-0.15, -0.1) is 0 Å². The Morgan fingerprint density at radius 2 is 1.80 bits per heavy atom. The van der Waals surface area contributed by atoms with E-state index in [1.54, 1.807) is 0 Å². The van der Waals surface area contributed by atoms with Gasteiger partial charge in [-0.1, -0.05) is 13.8 Å². The van der Waals surface area contributed by atoms with E-state index in [4.69, 9.17) is 0 Å². The molecule has 0 saturated heterocycles. The SMILES string of the molecule is CCCN1C=NN(CCC)C1C(F)(F)F. The predicted molar refractivity (Wildman–Crippen MR) is 52.3 cm³/mol. The van der Waals surface area contributed by atoms with Crippen LogP contribution < -0.4 is 0 Å². The van der Waals surface area contributed by atoms with E-state index in [0.29, 0.717) is 25.9 Å². The zero-order chi connectivity index (χ0) is 11.5. The predicted octanol–water partition coefficient (Wildman–Crippen LogP) is 2.26. The van der Waals surface area contributed by atoms with Gasteiger partial charge in [-0.3, -0.25) is 5.01 Å². The van der Waals surface area contributed by atoms with E-state index in [2.05, 4.69) is 5.10 Å². The molecule has 0 bridgehead atoms. The van der Waals surface area contributed by atoms with Gasteiger partial charge < -0.3 is 4.90 Å². The fourth-order valence-electron chi connectivity index (χ4n) is 1.63. The summed E-state index contributed by atoms with van der Waals surface area (Å²) in [6, 6.07) is 0. The molecule has 0 N–H and O–H groups in total. The average molecular weight is 223 g/mol. The van der Waals surface area contributed by atoms with Crippen LogP contribution in [0.2, 0.25) is 0 Å². The molecule has 1 unspecified atom stereocenters. The minimum Gasteiger partial charge on any atom is -0.332 e. The molecule has 1 aliphatic rings. The quantitative estimate of drug-likeness (QED) is 0.728. The molecule has 0 aromatic rings. The van der Waals surface area contributed by atoms with Gasteiger partial charge in [0.15, 0.2) is 0 Å². The summed E-state index contributed by atoms with van der Waals surface area (Å²) in [6.45, 7) is 4.41. The van der Waals surface area contributed by atoms with Gasteiger partial charge in [-0.25, -0.2) is 0 Å². The van der Waals surface area contributed by atoms with Gasteiger partial charge in [0.25, 0.3) is 0 Å². The van der Waals surface area contributed by atoms with Gasteiger partial charge in [-0.05, 0) is 12.8 Å². The fourth-order valence-corrected chi connectivity index (χ4v) is 1.63. The molecule has 0 saturated carbocycles. The lowest BCUT2D eigenvalue weighted by Gasteiger charge is -2.31. The van der Waals surface area contributed by atoms with Crippen molar-refractivity contribution in [3.63, 3.8) is 0 Å². The summed E-state index contributed by atoms with van der Waals surface area (Å²) in [6.07, 6.45) is -3.20. The molecule has 15 heavy (non-hydrogen) atoms. The van der Waals surface area contributed by atoms with Crippen LogP contribution in [0.4, 0.5) is 13.2 Å². The summed E-state index contributed by atoms with van der Waals surface area (Å²) in [4.78, 5) is 1.25. The minimum absolute atomic E-state index is 0.334. The third-order valence-electron chi connectivity index (χ3n) is 2.17. The first-order chi connectivity index (χ1) is 7.00. The molecular weight excluding hydrogens is 207 g/mol. The second-order valence-corrected chi connectivity index (χ2v) is 3.55. The van der Waals surface area contributed by atoms with Gasteiger partial charge in [0, 0.05) is 13.1 Å². The van der Waals surface area contributed by atoms with Crippen molar-refractivity contribution >= 4 is 6.34 Å². The van der Waals surface area contributed by atoms with Crippen molar-refractivity contribution < 1.29 is 13.2 Å². The highest BCUT2D eigenvalue weighted by Crippen LogP contribution is 2.30. The maximum Gasteiger partial charge on any atom is 0.429 e. The van der Waals surface area contributed by atoms with E-state index >= 15 is 0 Å². The zero-order valence-electron chi connectivity index (χ0n) is 8.96. The summed E-state index contributed by atoms with van der Waals surface area (Å²) >= 11 is 0. The molecule has 0 aliphatic carbocycles. The lowest BCUT2D eigenvalue weighted by Crippen LogP contribution is -2.50. The first-order valence-electron chi connectivity index (χ1n) is 5.14. The molecule has 0 aromatic carbocycles. The van der Waals surface area contributed by atoms with Crippen molar-refractivity contribution in [2.45, 2.75) is 39.0 Å². The lowest BCUT2D eigenvalue weighted by molar-refractivity contribution is -0.207. The van der Waals surface area contributed by atoms with Crippen molar-refractivity contribution in [3.8, 4) is 0 Å². The second-order valence-electron chi connectivity index (χ2n) is 3.55. The van der Waals surface area contributed by atoms with Crippen molar-refractivity contribution in [1.82, 2.24) is 9.91 Å². The smallest absolute Gasteiger partial charge is 0.332 e. The fraction of sp³-hybridized carbons (Fsp3) is 0.889. The Hall–Kier alpha value is -0.940. The summed E-state index contributed by atoms with van der Waals surface area (Å²) in [5, 5.41) is 4.89. The van der Waals surface area contributed by atoms with Crippen molar-refractivity contribution in [3.05, 3.63) is 0 Å². The number of hydrazone groups is 1. The second kappa shape index (κ2) is 4.72. The highest BCUT2D eigenvalue weighted by molar-refractivity contribution is 5.57. The summed E-state index contributed by atoms with van der Waals surface area (Å²) in [7, 11) is 0. The van der Waals surface area contributed by atoms with Gasteiger partial charge in [0.05, 0.1) is 0 Å². The van der Waals surface area contributed by atoms with Crippen LogP contribution in [0.5, 0.6) is 0 Å². The van der Waals surface area contributed by atoms with Crippen LogP contribution in [0.15, 0.2) is 5.10 Å². The summed E-state index contributed by atoms with van der Waals surface area (Å²) in [5.74, 6) is 0. The van der Waals surface area contributed by atoms with Crippen LogP contribution in [-0.4, -0.2) is 41.7 Å². The van der Waals surface area contributed by atoms with Crippen molar-refractivity contribution in [2.24, 2.45) is 5.10 Å². The minimum atomic E-state index is -4.25. The van der Waals surface area contributed by atoms with Gasteiger partial charge in [0.1, 0.15) is 6.34 Å². The molecule has 0 fully saturated rings. The Morgan fingerprint density at radius 3 is 2.27 bits per heavy atom. The Kier molecular flexibility index (Phi) is 3.82. The third-order valence-corrected chi connectivity index (χ3v) is 2.17. The Morgan fingerprint density at radius 1 is 1.20 bits per heavy atom. The monoisotopic (exact) mass is 223 g/mol. The molecule has 88 valence electrons. The Labute approximate surface area is 87.5 Å². The van der Waals surface area contributed by atoms with Crippen LogP contribution in [0.3, 0.4) is 0 Å². The van der Waals surface area contributed by atoms with E-state index in [1.165, 1.54) is 11.2 Å². The summed E-state index contributed by atoms with van der Waals surface area (Å²) < 4.78 is 38.2. The van der Waals surface area contributed by atoms with E-state index in [-0.39, 0.29) is 0 Å². The lowest BCUT2D eigenvalue weighted by atomic mass is 10.3. The van der Waals surface area contributed by atoms with E-state index in [1.807, 2.05) is 13.8 Å². The molecule has 1 rings (SSSR count).